The lowest BCUT2D eigenvalue weighted by molar-refractivity contribution is -0.133. The lowest BCUT2D eigenvalue weighted by Crippen LogP contribution is -2.50. The van der Waals surface area contributed by atoms with Crippen LogP contribution in [0, 0.1) is 0 Å². The van der Waals surface area contributed by atoms with Crippen molar-refractivity contribution in [2.45, 2.75) is 33.1 Å². The van der Waals surface area contributed by atoms with E-state index in [0.717, 1.165) is 0 Å². The molecule has 8 heteroatoms. The monoisotopic (exact) mass is 419 g/mol. The van der Waals surface area contributed by atoms with Crippen LogP contribution in [-0.4, -0.2) is 85.9 Å². The maximum Gasteiger partial charge on any atom is 0.254 e. The van der Waals surface area contributed by atoms with Crippen LogP contribution in [0.25, 0.3) is 0 Å². The van der Waals surface area contributed by atoms with Crippen LogP contribution in [0.2, 0.25) is 0 Å². The van der Waals surface area contributed by atoms with Crippen LogP contribution in [0.3, 0.4) is 0 Å². The number of carbonyl (C=O) groups excluding carboxylic acids is 3. The van der Waals surface area contributed by atoms with E-state index in [1.165, 1.54) is 7.11 Å². The van der Waals surface area contributed by atoms with Gasteiger partial charge in [0.05, 0.1) is 14.2 Å². The van der Waals surface area contributed by atoms with Crippen LogP contribution >= 0.6 is 0 Å². The highest BCUT2D eigenvalue weighted by Gasteiger charge is 2.25. The first-order valence-electron chi connectivity index (χ1n) is 10.5. The second-order valence-electron chi connectivity index (χ2n) is 7.16. The van der Waals surface area contributed by atoms with Crippen molar-refractivity contribution in [3.05, 3.63) is 23.8 Å². The molecule has 30 heavy (non-hydrogen) atoms. The number of nitrogens with zero attached hydrogens (tertiary/aromatic N) is 3. The molecule has 0 atom stereocenters. The van der Waals surface area contributed by atoms with E-state index >= 15 is 0 Å². The fraction of sp³-hybridized carbons (Fsp3) is 0.591. The second kappa shape index (κ2) is 11.4. The summed E-state index contributed by atoms with van der Waals surface area (Å²) in [6, 6.07) is 5.10. The van der Waals surface area contributed by atoms with Gasteiger partial charge in [0.15, 0.2) is 11.5 Å². The average molecular weight is 420 g/mol. The molecule has 0 aromatic heterocycles. The summed E-state index contributed by atoms with van der Waals surface area (Å²) in [7, 11) is 3.08. The zero-order valence-corrected chi connectivity index (χ0v) is 18.5. The maximum absolute atomic E-state index is 12.8. The molecular weight excluding hydrogens is 386 g/mol. The third-order valence-electron chi connectivity index (χ3n) is 5.45. The normalized spacial score (nSPS) is 13.7. The van der Waals surface area contributed by atoms with Gasteiger partial charge in [0.1, 0.15) is 0 Å². The molecule has 0 bridgehead atoms. The lowest BCUT2D eigenvalue weighted by atomic mass is 10.1. The Morgan fingerprint density at radius 1 is 0.900 bits per heavy atom. The van der Waals surface area contributed by atoms with Crippen molar-refractivity contribution < 1.29 is 23.9 Å². The summed E-state index contributed by atoms with van der Waals surface area (Å²) in [5, 5.41) is 0. The molecule has 1 aliphatic rings. The van der Waals surface area contributed by atoms with Gasteiger partial charge in [-0.15, -0.1) is 0 Å². The summed E-state index contributed by atoms with van der Waals surface area (Å²) in [4.78, 5) is 42.6. The minimum absolute atomic E-state index is 0.0422. The van der Waals surface area contributed by atoms with Gasteiger partial charge < -0.3 is 24.2 Å². The van der Waals surface area contributed by atoms with Gasteiger partial charge in [0, 0.05) is 57.7 Å². The van der Waals surface area contributed by atoms with Gasteiger partial charge >= 0.3 is 0 Å². The Morgan fingerprint density at radius 2 is 1.50 bits per heavy atom. The highest BCUT2D eigenvalue weighted by atomic mass is 16.5. The van der Waals surface area contributed by atoms with Gasteiger partial charge in [-0.1, -0.05) is 0 Å². The van der Waals surface area contributed by atoms with Gasteiger partial charge in [-0.25, -0.2) is 0 Å². The summed E-state index contributed by atoms with van der Waals surface area (Å²) in [5.74, 6) is 1.13. The first-order chi connectivity index (χ1) is 14.4. The van der Waals surface area contributed by atoms with Crippen LogP contribution in [-0.2, 0) is 9.59 Å². The number of benzene rings is 1. The van der Waals surface area contributed by atoms with Crippen molar-refractivity contribution in [3.8, 4) is 11.5 Å². The van der Waals surface area contributed by atoms with Crippen LogP contribution in [0.5, 0.6) is 11.5 Å². The highest BCUT2D eigenvalue weighted by Crippen LogP contribution is 2.28. The fourth-order valence-corrected chi connectivity index (χ4v) is 3.59. The molecule has 166 valence electrons. The molecule has 0 unspecified atom stereocenters. The average Bonchev–Trinajstić information content (AvgIpc) is 2.78. The third-order valence-corrected chi connectivity index (χ3v) is 5.45. The summed E-state index contributed by atoms with van der Waals surface area (Å²) >= 11 is 0. The molecule has 0 spiro atoms. The molecule has 0 aliphatic carbocycles. The smallest absolute Gasteiger partial charge is 0.254 e. The number of rotatable bonds is 9. The molecule has 8 nitrogen and oxygen atoms in total. The van der Waals surface area contributed by atoms with E-state index in [1.807, 2.05) is 13.8 Å². The maximum atomic E-state index is 12.8. The predicted molar refractivity (Wildman–Crippen MR) is 114 cm³/mol. The van der Waals surface area contributed by atoms with E-state index in [-0.39, 0.29) is 17.7 Å². The number of piperazine rings is 1. The molecule has 1 fully saturated rings. The molecule has 2 rings (SSSR count). The van der Waals surface area contributed by atoms with Crippen molar-refractivity contribution in [3.63, 3.8) is 0 Å². The molecule has 0 N–H and O–H groups in total. The van der Waals surface area contributed by atoms with E-state index in [0.29, 0.717) is 75.6 Å². The number of amides is 3. The Balaban J connectivity index is 1.82. The van der Waals surface area contributed by atoms with Gasteiger partial charge in [-0.3, -0.25) is 14.4 Å². The van der Waals surface area contributed by atoms with Crippen molar-refractivity contribution in [2.75, 3.05) is 53.5 Å². The molecule has 0 radical (unpaired) electrons. The van der Waals surface area contributed by atoms with E-state index in [2.05, 4.69) is 0 Å². The summed E-state index contributed by atoms with van der Waals surface area (Å²) < 4.78 is 10.5. The van der Waals surface area contributed by atoms with E-state index in [9.17, 15) is 14.4 Å². The van der Waals surface area contributed by atoms with Gasteiger partial charge in [-0.05, 0) is 38.5 Å². The van der Waals surface area contributed by atoms with Crippen molar-refractivity contribution >= 4 is 17.7 Å². The third kappa shape index (κ3) is 5.87. The lowest BCUT2D eigenvalue weighted by Gasteiger charge is -2.35. The van der Waals surface area contributed by atoms with Crippen LogP contribution < -0.4 is 9.47 Å². The second-order valence-corrected chi connectivity index (χ2v) is 7.16. The predicted octanol–water partition coefficient (Wildman–Crippen LogP) is 2.03. The number of carbonyl (C=O) groups is 3. The number of hydrogen-bond acceptors (Lipinski definition) is 5. The molecular formula is C22H33N3O5. The molecule has 1 aliphatic heterocycles. The Hall–Kier alpha value is -2.77. The van der Waals surface area contributed by atoms with Crippen LogP contribution in [0.15, 0.2) is 18.2 Å². The zero-order chi connectivity index (χ0) is 22.1. The first kappa shape index (κ1) is 23.5. The molecule has 3 amide bonds. The van der Waals surface area contributed by atoms with Crippen molar-refractivity contribution in [1.29, 1.82) is 0 Å². The topological polar surface area (TPSA) is 79.4 Å². The molecule has 0 saturated carbocycles. The Morgan fingerprint density at radius 3 is 2.07 bits per heavy atom. The number of hydrogen-bond donors (Lipinski definition) is 0. The van der Waals surface area contributed by atoms with Gasteiger partial charge in [0.2, 0.25) is 11.8 Å². The van der Waals surface area contributed by atoms with Gasteiger partial charge in [-0.2, -0.15) is 0 Å². The largest absolute Gasteiger partial charge is 0.493 e. The Labute approximate surface area is 178 Å². The summed E-state index contributed by atoms with van der Waals surface area (Å²) in [5.41, 5.74) is 0.530. The SMILES string of the molecule is CCN(CC)C(=O)CCCC(=O)N1CCN(C(=O)c2ccc(OC)c(OC)c2)CC1. The highest BCUT2D eigenvalue weighted by molar-refractivity contribution is 5.95. The standard InChI is InChI=1S/C22H33N3O5/c1-5-23(6-2)20(26)8-7-9-21(27)24-12-14-25(15-13-24)22(28)17-10-11-18(29-3)19(16-17)30-4/h10-11,16H,5-9,12-15H2,1-4H3. The van der Waals surface area contributed by atoms with E-state index < -0.39 is 0 Å². The van der Waals surface area contributed by atoms with E-state index in [1.54, 1.807) is 40.0 Å². The van der Waals surface area contributed by atoms with Crippen molar-refractivity contribution in [2.24, 2.45) is 0 Å². The fourth-order valence-electron chi connectivity index (χ4n) is 3.59. The van der Waals surface area contributed by atoms with E-state index in [4.69, 9.17) is 9.47 Å². The molecule has 1 aromatic carbocycles. The molecule has 1 heterocycles. The molecule has 1 saturated heterocycles. The van der Waals surface area contributed by atoms with Gasteiger partial charge in [0.25, 0.3) is 5.91 Å². The van der Waals surface area contributed by atoms with Crippen LogP contribution in [0.1, 0.15) is 43.5 Å². The summed E-state index contributed by atoms with van der Waals surface area (Å²) in [6.45, 7) is 7.27. The Kier molecular flexibility index (Phi) is 8.95. The minimum Gasteiger partial charge on any atom is -0.493 e. The molecule has 1 aromatic rings. The first-order valence-corrected chi connectivity index (χ1v) is 10.5. The number of methoxy groups -OCH3 is 2. The minimum atomic E-state index is -0.0899. The van der Waals surface area contributed by atoms with Crippen molar-refractivity contribution in [1.82, 2.24) is 14.7 Å². The van der Waals surface area contributed by atoms with Crippen LogP contribution in [0.4, 0.5) is 0 Å². The Bertz CT molecular complexity index is 740. The summed E-state index contributed by atoms with van der Waals surface area (Å²) in [6.07, 6.45) is 1.31. The quantitative estimate of drug-likeness (QED) is 0.612. The zero-order valence-electron chi connectivity index (χ0n) is 18.5. The number of ether oxygens (including phenoxy) is 2.